The minimum atomic E-state index is -0.548. The number of thiophene rings is 1. The molecule has 1 aromatic carbocycles. The molecule has 0 unspecified atom stereocenters. The molecule has 0 aliphatic rings. The van der Waals surface area contributed by atoms with Gasteiger partial charge in [0.2, 0.25) is 5.91 Å². The zero-order valence-corrected chi connectivity index (χ0v) is 14.5. The molecule has 0 aliphatic heterocycles. The number of nitro groups is 1. The van der Waals surface area contributed by atoms with Crippen LogP contribution in [-0.2, 0) is 4.79 Å². The van der Waals surface area contributed by atoms with E-state index >= 15 is 0 Å². The van der Waals surface area contributed by atoms with E-state index < -0.39 is 10.8 Å². The van der Waals surface area contributed by atoms with Gasteiger partial charge < -0.3 is 15.0 Å². The average molecular weight is 363 g/mol. The zero-order chi connectivity index (χ0) is 18.4. The Morgan fingerprint density at radius 3 is 2.68 bits per heavy atom. The van der Waals surface area contributed by atoms with Gasteiger partial charge in [0.25, 0.3) is 5.91 Å². The number of methoxy groups -OCH3 is 1. The Bertz CT molecular complexity index is 790. The van der Waals surface area contributed by atoms with E-state index in [0.29, 0.717) is 18.0 Å². The molecule has 1 N–H and O–H groups in total. The van der Waals surface area contributed by atoms with Gasteiger partial charge in [0, 0.05) is 24.4 Å². The normalized spacial score (nSPS) is 10.2. The third-order valence-corrected chi connectivity index (χ3v) is 4.36. The van der Waals surface area contributed by atoms with Crippen LogP contribution in [0.5, 0.6) is 5.75 Å². The van der Waals surface area contributed by atoms with Gasteiger partial charge in [-0.1, -0.05) is 17.4 Å². The summed E-state index contributed by atoms with van der Waals surface area (Å²) in [6, 6.07) is 9.54. The van der Waals surface area contributed by atoms with E-state index in [-0.39, 0.29) is 22.3 Å². The highest BCUT2D eigenvalue weighted by molar-refractivity contribution is 7.17. The van der Waals surface area contributed by atoms with Gasteiger partial charge in [0.15, 0.2) is 0 Å². The number of benzene rings is 1. The Labute approximate surface area is 148 Å². The summed E-state index contributed by atoms with van der Waals surface area (Å²) >= 11 is 0.790. The third kappa shape index (κ3) is 4.77. The topological polar surface area (TPSA) is 102 Å². The van der Waals surface area contributed by atoms with Gasteiger partial charge in [-0.15, -0.1) is 0 Å². The Morgan fingerprint density at radius 1 is 1.32 bits per heavy atom. The van der Waals surface area contributed by atoms with Crippen LogP contribution in [0.3, 0.4) is 0 Å². The van der Waals surface area contributed by atoms with E-state index in [2.05, 4.69) is 5.32 Å². The van der Waals surface area contributed by atoms with Crippen LogP contribution >= 0.6 is 11.3 Å². The SMILES string of the molecule is CCN(CC(=O)Nc1cccc(OC)c1)C(=O)c1ccc([N+](=O)[O-])s1. The van der Waals surface area contributed by atoms with Crippen molar-refractivity contribution in [2.75, 3.05) is 25.5 Å². The minimum Gasteiger partial charge on any atom is -0.497 e. The Morgan fingerprint density at radius 2 is 2.08 bits per heavy atom. The van der Waals surface area contributed by atoms with Gasteiger partial charge >= 0.3 is 5.00 Å². The number of hydrogen-bond acceptors (Lipinski definition) is 6. The van der Waals surface area contributed by atoms with Crippen molar-refractivity contribution in [1.82, 2.24) is 4.90 Å². The summed E-state index contributed by atoms with van der Waals surface area (Å²) in [5, 5.41) is 13.3. The maximum Gasteiger partial charge on any atom is 0.324 e. The molecule has 0 spiro atoms. The first-order chi connectivity index (χ1) is 11.9. The molecule has 2 amide bonds. The predicted molar refractivity (Wildman–Crippen MR) is 94.2 cm³/mol. The molecular formula is C16H17N3O5S. The number of rotatable bonds is 7. The molecule has 0 aliphatic carbocycles. The van der Waals surface area contributed by atoms with E-state index in [0.717, 1.165) is 11.3 Å². The lowest BCUT2D eigenvalue weighted by molar-refractivity contribution is -0.380. The monoisotopic (exact) mass is 363 g/mol. The highest BCUT2D eigenvalue weighted by Crippen LogP contribution is 2.25. The van der Waals surface area contributed by atoms with Crippen LogP contribution in [0.1, 0.15) is 16.6 Å². The lowest BCUT2D eigenvalue weighted by atomic mass is 10.3. The van der Waals surface area contributed by atoms with Gasteiger partial charge in [-0.2, -0.15) is 0 Å². The lowest BCUT2D eigenvalue weighted by Gasteiger charge is -2.19. The van der Waals surface area contributed by atoms with Gasteiger partial charge in [0.05, 0.1) is 16.9 Å². The second kappa shape index (κ2) is 8.25. The first-order valence-corrected chi connectivity index (χ1v) is 8.23. The standard InChI is InChI=1S/C16H17N3O5S/c1-3-18(16(21)13-7-8-15(25-13)19(22)23)10-14(20)17-11-5-4-6-12(9-11)24-2/h4-9H,3,10H2,1-2H3,(H,17,20). The molecule has 0 fully saturated rings. The highest BCUT2D eigenvalue weighted by Gasteiger charge is 2.21. The fourth-order valence-corrected chi connectivity index (χ4v) is 2.89. The third-order valence-electron chi connectivity index (χ3n) is 3.34. The number of carbonyl (C=O) groups excluding carboxylic acids is 2. The largest absolute Gasteiger partial charge is 0.497 e. The summed E-state index contributed by atoms with van der Waals surface area (Å²) in [5.41, 5.74) is 0.555. The van der Waals surface area contributed by atoms with Crippen LogP contribution in [0.4, 0.5) is 10.7 Å². The molecule has 8 nitrogen and oxygen atoms in total. The molecular weight excluding hydrogens is 346 g/mol. The van der Waals surface area contributed by atoms with Crippen LogP contribution in [-0.4, -0.2) is 41.8 Å². The molecule has 0 bridgehead atoms. The molecule has 25 heavy (non-hydrogen) atoms. The van der Waals surface area contributed by atoms with Gasteiger partial charge in [0.1, 0.15) is 12.3 Å². The number of ether oxygens (including phenoxy) is 1. The van der Waals surface area contributed by atoms with Crippen LogP contribution < -0.4 is 10.1 Å². The van der Waals surface area contributed by atoms with Gasteiger partial charge in [-0.05, 0) is 25.1 Å². The van der Waals surface area contributed by atoms with Crippen LogP contribution in [0.15, 0.2) is 36.4 Å². The van der Waals surface area contributed by atoms with Crippen molar-refractivity contribution in [3.8, 4) is 5.75 Å². The van der Waals surface area contributed by atoms with Gasteiger partial charge in [-0.3, -0.25) is 19.7 Å². The summed E-state index contributed by atoms with van der Waals surface area (Å²) < 4.78 is 5.09. The van der Waals surface area contributed by atoms with Crippen LogP contribution in [0.25, 0.3) is 0 Å². The molecule has 0 atom stereocenters. The lowest BCUT2D eigenvalue weighted by Crippen LogP contribution is -2.37. The van der Waals surface area contributed by atoms with Crippen molar-refractivity contribution in [3.05, 3.63) is 51.4 Å². The summed E-state index contributed by atoms with van der Waals surface area (Å²) in [6.07, 6.45) is 0. The maximum atomic E-state index is 12.4. The molecule has 0 saturated heterocycles. The van der Waals surface area contributed by atoms with Crippen molar-refractivity contribution in [2.24, 2.45) is 0 Å². The molecule has 1 heterocycles. The number of nitrogens with zero attached hydrogens (tertiary/aromatic N) is 2. The maximum absolute atomic E-state index is 12.4. The summed E-state index contributed by atoms with van der Waals surface area (Å²) in [5.74, 6) is -0.178. The molecule has 9 heteroatoms. The molecule has 1 aromatic heterocycles. The van der Waals surface area contributed by atoms with Crippen molar-refractivity contribution in [3.63, 3.8) is 0 Å². The number of nitrogens with one attached hydrogen (secondary N) is 1. The van der Waals surface area contributed by atoms with Crippen molar-refractivity contribution >= 4 is 33.8 Å². The highest BCUT2D eigenvalue weighted by atomic mass is 32.1. The summed E-state index contributed by atoms with van der Waals surface area (Å²) in [6.45, 7) is 1.88. The Kier molecular flexibility index (Phi) is 6.07. The van der Waals surface area contributed by atoms with E-state index in [4.69, 9.17) is 4.74 Å². The number of hydrogen-bond donors (Lipinski definition) is 1. The minimum absolute atomic E-state index is 0.111. The van der Waals surface area contributed by atoms with E-state index in [1.54, 1.807) is 31.2 Å². The Hall–Kier alpha value is -2.94. The van der Waals surface area contributed by atoms with E-state index in [1.165, 1.54) is 24.1 Å². The molecule has 2 aromatic rings. The Balaban J connectivity index is 2.03. The second-order valence-electron chi connectivity index (χ2n) is 4.99. The molecule has 2 rings (SSSR count). The van der Waals surface area contributed by atoms with Gasteiger partial charge in [-0.25, -0.2) is 0 Å². The van der Waals surface area contributed by atoms with Crippen molar-refractivity contribution < 1.29 is 19.2 Å². The average Bonchev–Trinajstić information content (AvgIpc) is 3.09. The first kappa shape index (κ1) is 18.4. The fraction of sp³-hybridized carbons (Fsp3) is 0.250. The van der Waals surface area contributed by atoms with Crippen LogP contribution in [0.2, 0.25) is 0 Å². The summed E-state index contributed by atoms with van der Waals surface area (Å²) in [7, 11) is 1.53. The second-order valence-corrected chi connectivity index (χ2v) is 6.06. The number of likely N-dealkylation sites (N-methyl/N-ethyl adjacent to an activating group) is 1. The van der Waals surface area contributed by atoms with Crippen molar-refractivity contribution in [1.29, 1.82) is 0 Å². The van der Waals surface area contributed by atoms with E-state index in [9.17, 15) is 19.7 Å². The first-order valence-electron chi connectivity index (χ1n) is 7.42. The predicted octanol–water partition coefficient (Wildman–Crippen LogP) is 2.77. The smallest absolute Gasteiger partial charge is 0.324 e. The van der Waals surface area contributed by atoms with E-state index in [1.807, 2.05) is 0 Å². The summed E-state index contributed by atoms with van der Waals surface area (Å²) in [4.78, 5) is 36.3. The van der Waals surface area contributed by atoms with Crippen LogP contribution in [0, 0.1) is 10.1 Å². The fourth-order valence-electron chi connectivity index (χ4n) is 2.10. The molecule has 0 saturated carbocycles. The number of amides is 2. The quantitative estimate of drug-likeness (QED) is 0.602. The zero-order valence-electron chi connectivity index (χ0n) is 13.7. The van der Waals surface area contributed by atoms with Crippen molar-refractivity contribution in [2.45, 2.75) is 6.92 Å². The molecule has 0 radical (unpaired) electrons. The number of carbonyl (C=O) groups is 2. The molecule has 132 valence electrons. The number of anilines is 1.